The second-order valence-corrected chi connectivity index (χ2v) is 2.31. The van der Waals surface area contributed by atoms with Crippen molar-refractivity contribution in [1.29, 1.82) is 0 Å². The molecule has 1 radical (unpaired) electrons. The van der Waals surface area contributed by atoms with E-state index in [4.69, 9.17) is 6.58 Å². The van der Waals surface area contributed by atoms with E-state index in [0.29, 0.717) is 5.82 Å². The molecule has 1 heterocycles. The Morgan fingerprint density at radius 3 is 2.91 bits per heavy atom. The van der Waals surface area contributed by atoms with Crippen LogP contribution < -0.4 is 0 Å². The molecule has 2 aromatic rings. The zero-order chi connectivity index (χ0) is 7.68. The van der Waals surface area contributed by atoms with Gasteiger partial charge < -0.3 is 4.98 Å². The third kappa shape index (κ3) is 0.923. The molecule has 0 bridgehead atoms. The maximum atomic E-state index is 5.29. The highest BCUT2D eigenvalue weighted by molar-refractivity contribution is 5.76. The van der Waals surface area contributed by atoms with Crippen molar-refractivity contribution in [2.75, 3.05) is 0 Å². The lowest BCUT2D eigenvalue weighted by atomic mass is 10.3. The smallest absolute Gasteiger partial charge is 0.131 e. The minimum Gasteiger partial charge on any atom is -0.338 e. The lowest BCUT2D eigenvalue weighted by Gasteiger charge is -1.81. The Morgan fingerprint density at radius 2 is 2.18 bits per heavy atom. The highest BCUT2D eigenvalue weighted by Crippen LogP contribution is 2.09. The first-order chi connectivity index (χ1) is 5.40. The van der Waals surface area contributed by atoms with Crippen molar-refractivity contribution in [2.24, 2.45) is 0 Å². The second-order valence-electron chi connectivity index (χ2n) is 2.31. The van der Waals surface area contributed by atoms with Crippen LogP contribution in [-0.2, 0) is 0 Å². The largest absolute Gasteiger partial charge is 0.338 e. The monoisotopic (exact) mass is 143 g/mol. The molecule has 0 aliphatic carbocycles. The molecule has 1 aromatic carbocycles. The third-order valence-corrected chi connectivity index (χ3v) is 1.57. The van der Waals surface area contributed by atoms with Crippen LogP contribution >= 0.6 is 0 Å². The predicted octanol–water partition coefficient (Wildman–Crippen LogP) is 2.01. The van der Waals surface area contributed by atoms with Gasteiger partial charge in [-0.15, -0.1) is 0 Å². The second kappa shape index (κ2) is 2.23. The SMILES string of the molecule is [CH]=Cc1nc2ccccc2[nH]1. The Balaban J connectivity index is 2.78. The molecule has 0 atom stereocenters. The summed E-state index contributed by atoms with van der Waals surface area (Å²) in [5.41, 5.74) is 1.97. The van der Waals surface area contributed by atoms with Crippen LogP contribution in [0.3, 0.4) is 0 Å². The molecule has 1 aromatic heterocycles. The van der Waals surface area contributed by atoms with E-state index in [1.165, 1.54) is 6.08 Å². The molecule has 2 rings (SSSR count). The van der Waals surface area contributed by atoms with Gasteiger partial charge in [0.15, 0.2) is 0 Å². The minimum absolute atomic E-state index is 0.714. The van der Waals surface area contributed by atoms with Crippen molar-refractivity contribution in [3.8, 4) is 0 Å². The van der Waals surface area contributed by atoms with E-state index in [-0.39, 0.29) is 0 Å². The molecule has 2 nitrogen and oxygen atoms in total. The van der Waals surface area contributed by atoms with Gasteiger partial charge in [0.05, 0.1) is 11.0 Å². The lowest BCUT2D eigenvalue weighted by Crippen LogP contribution is -1.69. The van der Waals surface area contributed by atoms with E-state index in [2.05, 4.69) is 9.97 Å². The Labute approximate surface area is 64.6 Å². The summed E-state index contributed by atoms with van der Waals surface area (Å²) in [6.45, 7) is 5.29. The van der Waals surface area contributed by atoms with Gasteiger partial charge in [-0.05, 0) is 18.2 Å². The Morgan fingerprint density at radius 1 is 1.36 bits per heavy atom. The summed E-state index contributed by atoms with van der Waals surface area (Å²) in [6, 6.07) is 7.82. The van der Waals surface area contributed by atoms with Crippen molar-refractivity contribution in [1.82, 2.24) is 9.97 Å². The fraction of sp³-hybridized carbons (Fsp3) is 0. The van der Waals surface area contributed by atoms with Crippen LogP contribution in [0.5, 0.6) is 0 Å². The van der Waals surface area contributed by atoms with Gasteiger partial charge in [-0.3, -0.25) is 0 Å². The standard InChI is InChI=1S/C9H7N2/c1-2-9-10-7-5-3-4-6-8(7)11-9/h1-6H,(H,10,11). The van der Waals surface area contributed by atoms with E-state index < -0.39 is 0 Å². The number of imidazole rings is 1. The maximum absolute atomic E-state index is 5.29. The van der Waals surface area contributed by atoms with Crippen LogP contribution in [0.2, 0.25) is 0 Å². The number of benzene rings is 1. The number of nitrogens with zero attached hydrogens (tertiary/aromatic N) is 1. The molecule has 1 N–H and O–H groups in total. The first kappa shape index (κ1) is 6.16. The number of fused-ring (bicyclic) bond motifs is 1. The van der Waals surface area contributed by atoms with Gasteiger partial charge in [0.25, 0.3) is 0 Å². The molecule has 0 saturated heterocycles. The zero-order valence-corrected chi connectivity index (χ0v) is 5.91. The van der Waals surface area contributed by atoms with Crippen molar-refractivity contribution in [3.05, 3.63) is 36.7 Å². The van der Waals surface area contributed by atoms with Crippen LogP contribution in [0.25, 0.3) is 17.1 Å². The highest BCUT2D eigenvalue weighted by atomic mass is 14.9. The number of hydrogen-bond donors (Lipinski definition) is 1. The van der Waals surface area contributed by atoms with E-state index in [9.17, 15) is 0 Å². The Hall–Kier alpha value is -1.57. The maximum Gasteiger partial charge on any atom is 0.131 e. The van der Waals surface area contributed by atoms with Gasteiger partial charge in [-0.2, -0.15) is 0 Å². The molecule has 0 aliphatic heterocycles. The molecule has 0 spiro atoms. The lowest BCUT2D eigenvalue weighted by molar-refractivity contribution is 1.29. The first-order valence-corrected chi connectivity index (χ1v) is 3.40. The fourth-order valence-corrected chi connectivity index (χ4v) is 1.05. The number of aromatic nitrogens is 2. The number of para-hydroxylation sites is 2. The average molecular weight is 143 g/mol. The van der Waals surface area contributed by atoms with Crippen molar-refractivity contribution in [2.45, 2.75) is 0 Å². The third-order valence-electron chi connectivity index (χ3n) is 1.57. The normalized spacial score (nSPS) is 10.2. The topological polar surface area (TPSA) is 28.7 Å². The number of rotatable bonds is 1. The van der Waals surface area contributed by atoms with Gasteiger partial charge in [0, 0.05) is 0 Å². The van der Waals surface area contributed by atoms with Gasteiger partial charge >= 0.3 is 0 Å². The van der Waals surface area contributed by atoms with Crippen molar-refractivity contribution in [3.63, 3.8) is 0 Å². The predicted molar refractivity (Wildman–Crippen MR) is 44.9 cm³/mol. The summed E-state index contributed by atoms with van der Waals surface area (Å²) in [5, 5.41) is 0. The van der Waals surface area contributed by atoms with Gasteiger partial charge in [-0.25, -0.2) is 4.98 Å². The van der Waals surface area contributed by atoms with Crippen LogP contribution in [0.15, 0.2) is 24.3 Å². The summed E-state index contributed by atoms with van der Waals surface area (Å²) >= 11 is 0. The van der Waals surface area contributed by atoms with Crippen molar-refractivity contribution >= 4 is 17.1 Å². The molecule has 0 unspecified atom stereocenters. The fourth-order valence-electron chi connectivity index (χ4n) is 1.05. The van der Waals surface area contributed by atoms with Crippen LogP contribution in [-0.4, -0.2) is 9.97 Å². The Kier molecular flexibility index (Phi) is 1.25. The molecule has 2 heteroatoms. The number of aromatic amines is 1. The molecular formula is C9H7N2. The molecule has 0 amide bonds. The summed E-state index contributed by atoms with van der Waals surface area (Å²) in [7, 11) is 0. The van der Waals surface area contributed by atoms with E-state index in [0.717, 1.165) is 11.0 Å². The first-order valence-electron chi connectivity index (χ1n) is 3.40. The molecule has 11 heavy (non-hydrogen) atoms. The van der Waals surface area contributed by atoms with Crippen LogP contribution in [0.1, 0.15) is 5.82 Å². The molecule has 53 valence electrons. The van der Waals surface area contributed by atoms with E-state index in [1.807, 2.05) is 24.3 Å². The summed E-state index contributed by atoms with van der Waals surface area (Å²) in [5.74, 6) is 0.714. The van der Waals surface area contributed by atoms with Gasteiger partial charge in [-0.1, -0.05) is 18.7 Å². The van der Waals surface area contributed by atoms with E-state index >= 15 is 0 Å². The van der Waals surface area contributed by atoms with Crippen LogP contribution in [0, 0.1) is 6.58 Å². The number of nitrogens with one attached hydrogen (secondary N) is 1. The molecule has 0 fully saturated rings. The number of hydrogen-bond acceptors (Lipinski definition) is 1. The van der Waals surface area contributed by atoms with Gasteiger partial charge in [0.2, 0.25) is 0 Å². The molecule has 0 aliphatic rings. The summed E-state index contributed by atoms with van der Waals surface area (Å²) < 4.78 is 0. The molecular weight excluding hydrogens is 136 g/mol. The van der Waals surface area contributed by atoms with Crippen molar-refractivity contribution < 1.29 is 0 Å². The Bertz CT molecular complexity index is 354. The van der Waals surface area contributed by atoms with Crippen LogP contribution in [0.4, 0.5) is 0 Å². The summed E-state index contributed by atoms with van der Waals surface area (Å²) in [4.78, 5) is 7.25. The number of H-pyrrole nitrogens is 1. The molecule has 0 saturated carbocycles. The highest BCUT2D eigenvalue weighted by Gasteiger charge is 1.95. The van der Waals surface area contributed by atoms with E-state index in [1.54, 1.807) is 0 Å². The minimum atomic E-state index is 0.714. The van der Waals surface area contributed by atoms with Gasteiger partial charge in [0.1, 0.15) is 5.82 Å². The summed E-state index contributed by atoms with van der Waals surface area (Å²) in [6.07, 6.45) is 1.46. The zero-order valence-electron chi connectivity index (χ0n) is 5.91. The quantitative estimate of drug-likeness (QED) is 0.649. The average Bonchev–Trinajstić information content (AvgIpc) is 2.46.